The van der Waals surface area contributed by atoms with Gasteiger partial charge in [0.1, 0.15) is 5.82 Å². The summed E-state index contributed by atoms with van der Waals surface area (Å²) in [6.45, 7) is 7.42. The molecule has 3 heteroatoms. The lowest BCUT2D eigenvalue weighted by atomic mass is 10.1. The van der Waals surface area contributed by atoms with Gasteiger partial charge in [-0.25, -0.2) is 4.39 Å². The molecule has 0 aromatic heterocycles. The molecule has 1 aliphatic rings. The van der Waals surface area contributed by atoms with E-state index in [-0.39, 0.29) is 11.9 Å². The van der Waals surface area contributed by atoms with Gasteiger partial charge in [-0.3, -0.25) is 0 Å². The molecule has 2 nitrogen and oxygen atoms in total. The number of rotatable bonds is 2. The Morgan fingerprint density at radius 2 is 2.12 bits per heavy atom. The molecular weight excluding hydrogens is 215 g/mol. The normalized spacial score (nSPS) is 26.3. The second-order valence-corrected chi connectivity index (χ2v) is 5.33. The second-order valence-electron chi connectivity index (χ2n) is 5.33. The smallest absolute Gasteiger partial charge is 0.123 e. The highest BCUT2D eigenvalue weighted by Gasteiger charge is 2.28. The molecule has 1 aromatic carbocycles. The van der Waals surface area contributed by atoms with Crippen molar-refractivity contribution in [3.05, 3.63) is 29.6 Å². The highest BCUT2D eigenvalue weighted by atomic mass is 19.1. The topological polar surface area (TPSA) is 29.3 Å². The first-order valence-electron chi connectivity index (χ1n) is 6.30. The van der Waals surface area contributed by atoms with Crippen LogP contribution < -0.4 is 10.6 Å². The molecule has 0 amide bonds. The van der Waals surface area contributed by atoms with Crippen molar-refractivity contribution in [2.24, 2.45) is 11.7 Å². The zero-order chi connectivity index (χ0) is 12.6. The molecule has 0 radical (unpaired) electrons. The predicted octanol–water partition coefficient (Wildman–Crippen LogP) is 3.08. The maximum absolute atomic E-state index is 13.3. The lowest BCUT2D eigenvalue weighted by Crippen LogP contribution is -2.28. The Balaban J connectivity index is 2.38. The Hall–Kier alpha value is -1.09. The van der Waals surface area contributed by atoms with E-state index in [1.54, 1.807) is 6.07 Å². The van der Waals surface area contributed by atoms with E-state index in [2.05, 4.69) is 18.7 Å². The Labute approximate surface area is 103 Å². The van der Waals surface area contributed by atoms with Crippen molar-refractivity contribution in [1.29, 1.82) is 0 Å². The van der Waals surface area contributed by atoms with Crippen molar-refractivity contribution in [2.45, 2.75) is 39.3 Å². The summed E-state index contributed by atoms with van der Waals surface area (Å²) in [4.78, 5) is 2.35. The fraction of sp³-hybridized carbons (Fsp3) is 0.571. The predicted molar refractivity (Wildman–Crippen MR) is 69.6 cm³/mol. The van der Waals surface area contributed by atoms with Crippen LogP contribution in [0.5, 0.6) is 0 Å². The third-order valence-electron chi connectivity index (χ3n) is 3.57. The van der Waals surface area contributed by atoms with Crippen molar-refractivity contribution in [3.63, 3.8) is 0 Å². The molecule has 17 heavy (non-hydrogen) atoms. The van der Waals surface area contributed by atoms with E-state index in [0.29, 0.717) is 12.0 Å². The van der Waals surface area contributed by atoms with Gasteiger partial charge < -0.3 is 10.6 Å². The van der Waals surface area contributed by atoms with E-state index in [4.69, 9.17) is 5.73 Å². The number of nitrogens with zero attached hydrogens (tertiary/aromatic N) is 1. The minimum atomic E-state index is -0.207. The fourth-order valence-corrected chi connectivity index (χ4v) is 2.79. The van der Waals surface area contributed by atoms with Crippen LogP contribution >= 0.6 is 0 Å². The van der Waals surface area contributed by atoms with Crippen LogP contribution in [-0.4, -0.2) is 12.6 Å². The molecule has 1 saturated heterocycles. The average molecular weight is 236 g/mol. The van der Waals surface area contributed by atoms with Crippen LogP contribution in [-0.2, 0) is 0 Å². The van der Waals surface area contributed by atoms with Crippen LogP contribution in [0.1, 0.15) is 38.8 Å². The van der Waals surface area contributed by atoms with Gasteiger partial charge in [0, 0.05) is 24.3 Å². The van der Waals surface area contributed by atoms with Crippen molar-refractivity contribution in [3.8, 4) is 0 Å². The highest BCUT2D eigenvalue weighted by molar-refractivity contribution is 5.56. The van der Waals surface area contributed by atoms with Crippen LogP contribution in [0.4, 0.5) is 10.1 Å². The van der Waals surface area contributed by atoms with Gasteiger partial charge in [0.05, 0.1) is 0 Å². The minimum absolute atomic E-state index is 0.135. The Kier molecular flexibility index (Phi) is 3.38. The number of anilines is 1. The standard InChI is InChI=1S/C14H21FN2/c1-9-6-10(2)17(8-9)14-5-4-12(15)7-13(14)11(3)16/h4-5,7,9-11H,6,8,16H2,1-3H3/t9?,10?,11-/m1/s1. The number of benzene rings is 1. The lowest BCUT2D eigenvalue weighted by molar-refractivity contribution is 0.620. The Morgan fingerprint density at radius 1 is 1.41 bits per heavy atom. The fourth-order valence-electron chi connectivity index (χ4n) is 2.79. The van der Waals surface area contributed by atoms with Crippen LogP contribution in [0, 0.1) is 11.7 Å². The Bertz CT molecular complexity index is 403. The maximum Gasteiger partial charge on any atom is 0.123 e. The zero-order valence-corrected chi connectivity index (χ0v) is 10.8. The monoisotopic (exact) mass is 236 g/mol. The SMILES string of the molecule is CC1CC(C)N(c2ccc(F)cc2[C@@H](C)N)C1. The first-order chi connectivity index (χ1) is 7.99. The number of nitrogens with two attached hydrogens (primary N) is 1. The number of hydrogen-bond acceptors (Lipinski definition) is 2. The summed E-state index contributed by atoms with van der Waals surface area (Å²) in [5.74, 6) is 0.483. The van der Waals surface area contributed by atoms with E-state index in [1.807, 2.05) is 13.0 Å². The largest absolute Gasteiger partial charge is 0.368 e. The van der Waals surface area contributed by atoms with E-state index < -0.39 is 0 Å². The van der Waals surface area contributed by atoms with Crippen molar-refractivity contribution >= 4 is 5.69 Å². The van der Waals surface area contributed by atoms with Crippen LogP contribution in [0.2, 0.25) is 0 Å². The maximum atomic E-state index is 13.3. The molecule has 2 N–H and O–H groups in total. The molecule has 3 atom stereocenters. The molecule has 0 aliphatic carbocycles. The van der Waals surface area contributed by atoms with Gasteiger partial charge in [-0.05, 0) is 49.9 Å². The molecule has 94 valence electrons. The second kappa shape index (κ2) is 4.65. The summed E-state index contributed by atoms with van der Waals surface area (Å²) < 4.78 is 13.3. The molecule has 2 rings (SSSR count). The van der Waals surface area contributed by atoms with E-state index in [1.165, 1.54) is 12.5 Å². The van der Waals surface area contributed by atoms with Crippen molar-refractivity contribution < 1.29 is 4.39 Å². The lowest BCUT2D eigenvalue weighted by Gasteiger charge is -2.27. The van der Waals surface area contributed by atoms with E-state index >= 15 is 0 Å². The summed E-state index contributed by atoms with van der Waals surface area (Å²) in [5.41, 5.74) is 7.94. The molecule has 0 bridgehead atoms. The van der Waals surface area contributed by atoms with Gasteiger partial charge in [0.2, 0.25) is 0 Å². The average Bonchev–Trinajstić information content (AvgIpc) is 2.57. The summed E-state index contributed by atoms with van der Waals surface area (Å²) in [6.07, 6.45) is 1.19. The van der Waals surface area contributed by atoms with E-state index in [9.17, 15) is 4.39 Å². The number of hydrogen-bond donors (Lipinski definition) is 1. The zero-order valence-electron chi connectivity index (χ0n) is 10.8. The van der Waals surface area contributed by atoms with Crippen molar-refractivity contribution in [2.75, 3.05) is 11.4 Å². The van der Waals surface area contributed by atoms with Gasteiger partial charge in [-0.2, -0.15) is 0 Å². The van der Waals surface area contributed by atoms with Gasteiger partial charge in [-0.1, -0.05) is 6.92 Å². The molecular formula is C14H21FN2. The summed E-state index contributed by atoms with van der Waals surface area (Å²) >= 11 is 0. The molecule has 1 fully saturated rings. The molecule has 0 spiro atoms. The third-order valence-corrected chi connectivity index (χ3v) is 3.57. The van der Waals surface area contributed by atoms with Gasteiger partial charge in [0.25, 0.3) is 0 Å². The first-order valence-corrected chi connectivity index (χ1v) is 6.30. The van der Waals surface area contributed by atoms with Crippen molar-refractivity contribution in [1.82, 2.24) is 0 Å². The molecule has 0 saturated carbocycles. The third kappa shape index (κ3) is 2.44. The summed E-state index contributed by atoms with van der Waals surface area (Å²) in [6, 6.07) is 5.33. The Morgan fingerprint density at radius 3 is 2.65 bits per heavy atom. The highest BCUT2D eigenvalue weighted by Crippen LogP contribution is 2.33. The van der Waals surface area contributed by atoms with Gasteiger partial charge in [-0.15, -0.1) is 0 Å². The van der Waals surface area contributed by atoms with Gasteiger partial charge in [0.15, 0.2) is 0 Å². The molecule has 1 heterocycles. The summed E-state index contributed by atoms with van der Waals surface area (Å²) in [7, 11) is 0. The first kappa shape index (κ1) is 12.4. The quantitative estimate of drug-likeness (QED) is 0.855. The minimum Gasteiger partial charge on any atom is -0.368 e. The molecule has 1 aliphatic heterocycles. The van der Waals surface area contributed by atoms with Gasteiger partial charge >= 0.3 is 0 Å². The van der Waals surface area contributed by atoms with Crippen LogP contribution in [0.3, 0.4) is 0 Å². The summed E-state index contributed by atoms with van der Waals surface area (Å²) in [5, 5.41) is 0. The van der Waals surface area contributed by atoms with Crippen LogP contribution in [0.25, 0.3) is 0 Å². The molecule has 2 unspecified atom stereocenters. The number of halogens is 1. The van der Waals surface area contributed by atoms with E-state index in [0.717, 1.165) is 17.8 Å². The molecule has 1 aromatic rings. The van der Waals surface area contributed by atoms with Crippen LogP contribution in [0.15, 0.2) is 18.2 Å².